The first-order valence-electron chi connectivity index (χ1n) is 10.5. The number of nitrogens with zero attached hydrogens (tertiary/aromatic N) is 1. The van der Waals surface area contributed by atoms with Crippen molar-refractivity contribution in [3.8, 4) is 5.75 Å². The molecule has 0 N–H and O–H groups in total. The number of ether oxygens (including phenoxy) is 2. The van der Waals surface area contributed by atoms with Gasteiger partial charge in [-0.3, -0.25) is 4.99 Å². The summed E-state index contributed by atoms with van der Waals surface area (Å²) in [6.07, 6.45) is 1.74. The van der Waals surface area contributed by atoms with Crippen molar-refractivity contribution in [2.24, 2.45) is 4.99 Å². The molecule has 0 radical (unpaired) electrons. The summed E-state index contributed by atoms with van der Waals surface area (Å²) < 4.78 is 25.2. The van der Waals surface area contributed by atoms with Gasteiger partial charge in [0, 0.05) is 11.8 Å². The number of halogens is 1. The average Bonchev–Trinajstić information content (AvgIpc) is 2.84. The smallest absolute Gasteiger partial charge is 0.128 e. The van der Waals surface area contributed by atoms with E-state index in [2.05, 4.69) is 4.99 Å². The molecular weight excluding hydrogens is 401 g/mol. The van der Waals surface area contributed by atoms with Crippen LogP contribution >= 0.6 is 0 Å². The Morgan fingerprint density at radius 1 is 0.656 bits per heavy atom. The number of hydrogen-bond donors (Lipinski definition) is 0. The second-order valence-corrected chi connectivity index (χ2v) is 7.36. The van der Waals surface area contributed by atoms with Crippen molar-refractivity contribution in [2.75, 3.05) is 0 Å². The topological polar surface area (TPSA) is 30.8 Å². The molecule has 0 amide bonds. The van der Waals surface area contributed by atoms with Gasteiger partial charge in [0.1, 0.15) is 18.2 Å². The van der Waals surface area contributed by atoms with E-state index in [9.17, 15) is 4.39 Å². The lowest BCUT2D eigenvalue weighted by molar-refractivity contribution is 0.107. The second-order valence-electron chi connectivity index (χ2n) is 7.36. The zero-order valence-corrected chi connectivity index (χ0v) is 17.7. The first-order chi connectivity index (χ1) is 15.8. The summed E-state index contributed by atoms with van der Waals surface area (Å²) in [6.45, 7) is 1.48. The van der Waals surface area contributed by atoms with E-state index in [-0.39, 0.29) is 5.82 Å². The van der Waals surface area contributed by atoms with Crippen LogP contribution in [0.1, 0.15) is 22.3 Å². The molecule has 3 nitrogen and oxygen atoms in total. The molecule has 160 valence electrons. The molecule has 0 aromatic heterocycles. The van der Waals surface area contributed by atoms with Crippen LogP contribution in [-0.4, -0.2) is 6.21 Å². The van der Waals surface area contributed by atoms with Crippen molar-refractivity contribution in [1.29, 1.82) is 0 Å². The van der Waals surface area contributed by atoms with Crippen molar-refractivity contribution < 1.29 is 13.9 Å². The molecule has 0 saturated carbocycles. The zero-order chi connectivity index (χ0) is 22.0. The van der Waals surface area contributed by atoms with E-state index >= 15 is 0 Å². The molecule has 0 fully saturated rings. The van der Waals surface area contributed by atoms with Crippen LogP contribution < -0.4 is 4.74 Å². The van der Waals surface area contributed by atoms with Gasteiger partial charge in [0.05, 0.1) is 18.9 Å². The van der Waals surface area contributed by atoms with Gasteiger partial charge in [-0.1, -0.05) is 66.7 Å². The summed E-state index contributed by atoms with van der Waals surface area (Å²) in [6, 6.07) is 32.1. The van der Waals surface area contributed by atoms with Crippen molar-refractivity contribution in [2.45, 2.75) is 19.8 Å². The third kappa shape index (κ3) is 6.37. The fourth-order valence-corrected chi connectivity index (χ4v) is 3.17. The minimum absolute atomic E-state index is 0.282. The fourth-order valence-electron chi connectivity index (χ4n) is 3.17. The molecule has 0 spiro atoms. The van der Waals surface area contributed by atoms with Crippen LogP contribution in [0.5, 0.6) is 5.75 Å². The predicted octanol–water partition coefficient (Wildman–Crippen LogP) is 6.87. The van der Waals surface area contributed by atoms with Crippen molar-refractivity contribution >= 4 is 11.9 Å². The van der Waals surface area contributed by atoms with Gasteiger partial charge in [-0.25, -0.2) is 4.39 Å². The Balaban J connectivity index is 1.49. The molecule has 0 aliphatic carbocycles. The van der Waals surface area contributed by atoms with Gasteiger partial charge in [0.2, 0.25) is 0 Å². The molecule has 0 saturated heterocycles. The first kappa shape index (κ1) is 21.5. The lowest BCUT2D eigenvalue weighted by atomic mass is 10.1. The lowest BCUT2D eigenvalue weighted by Crippen LogP contribution is -2.01. The van der Waals surface area contributed by atoms with Gasteiger partial charge in [-0.15, -0.1) is 0 Å². The molecule has 0 aliphatic rings. The molecule has 0 aliphatic heterocycles. The minimum Gasteiger partial charge on any atom is -0.488 e. The van der Waals surface area contributed by atoms with E-state index in [1.165, 1.54) is 12.1 Å². The van der Waals surface area contributed by atoms with Crippen LogP contribution in [0.15, 0.2) is 108 Å². The van der Waals surface area contributed by atoms with Gasteiger partial charge < -0.3 is 9.47 Å². The minimum atomic E-state index is -0.282. The first-order valence-corrected chi connectivity index (χ1v) is 10.5. The molecule has 4 aromatic rings. The number of benzene rings is 4. The van der Waals surface area contributed by atoms with Crippen LogP contribution in [0.3, 0.4) is 0 Å². The summed E-state index contributed by atoms with van der Waals surface area (Å²) >= 11 is 0. The monoisotopic (exact) mass is 425 g/mol. The number of aliphatic imine (C=N–C) groups is 1. The molecular formula is C28H24FNO2. The summed E-state index contributed by atoms with van der Waals surface area (Å²) in [5.41, 5.74) is 4.76. The van der Waals surface area contributed by atoms with E-state index in [0.717, 1.165) is 28.0 Å². The molecule has 4 aromatic carbocycles. The molecule has 0 atom stereocenters. The van der Waals surface area contributed by atoms with Crippen LogP contribution in [0.25, 0.3) is 0 Å². The standard InChI is InChI=1S/C28H24FNO2/c29-26-13-15-27(16-14-26)30-18-25-12-11-24(20-31-19-22-7-3-1-4-8-22)17-28(25)32-21-23-9-5-2-6-10-23/h1-18H,19-21H2/b30-18+. The van der Waals surface area contributed by atoms with Crippen LogP contribution in [0, 0.1) is 5.82 Å². The highest BCUT2D eigenvalue weighted by molar-refractivity contribution is 5.85. The Morgan fingerprint density at radius 3 is 1.97 bits per heavy atom. The maximum Gasteiger partial charge on any atom is 0.128 e. The van der Waals surface area contributed by atoms with E-state index in [1.807, 2.05) is 78.9 Å². The van der Waals surface area contributed by atoms with Gasteiger partial charge in [0.15, 0.2) is 0 Å². The molecule has 0 bridgehead atoms. The maximum atomic E-state index is 13.1. The lowest BCUT2D eigenvalue weighted by Gasteiger charge is -2.12. The SMILES string of the molecule is Fc1ccc(/N=C/c2ccc(COCc3ccccc3)cc2OCc2ccccc2)cc1. The highest BCUT2D eigenvalue weighted by atomic mass is 19.1. The summed E-state index contributed by atoms with van der Waals surface area (Å²) in [7, 11) is 0. The molecule has 4 heteroatoms. The van der Waals surface area contributed by atoms with Gasteiger partial charge in [0.25, 0.3) is 0 Å². The van der Waals surface area contributed by atoms with E-state index in [1.54, 1.807) is 18.3 Å². The Bertz CT molecular complexity index is 1140. The largest absolute Gasteiger partial charge is 0.488 e. The van der Waals surface area contributed by atoms with Crippen LogP contribution in [0.2, 0.25) is 0 Å². The molecule has 0 unspecified atom stereocenters. The van der Waals surface area contributed by atoms with Crippen LogP contribution in [0.4, 0.5) is 10.1 Å². The zero-order valence-electron chi connectivity index (χ0n) is 17.7. The number of rotatable bonds is 9. The van der Waals surface area contributed by atoms with E-state index in [4.69, 9.17) is 9.47 Å². The van der Waals surface area contributed by atoms with Gasteiger partial charge >= 0.3 is 0 Å². The Kier molecular flexibility index (Phi) is 7.40. The normalized spacial score (nSPS) is 11.0. The molecule has 0 heterocycles. The molecule has 4 rings (SSSR count). The third-order valence-electron chi connectivity index (χ3n) is 4.87. The summed E-state index contributed by atoms with van der Waals surface area (Å²) in [5.74, 6) is 0.441. The van der Waals surface area contributed by atoms with Crippen molar-refractivity contribution in [3.63, 3.8) is 0 Å². The Morgan fingerprint density at radius 2 is 1.28 bits per heavy atom. The highest BCUT2D eigenvalue weighted by Crippen LogP contribution is 2.23. The van der Waals surface area contributed by atoms with Gasteiger partial charge in [-0.05, 0) is 53.1 Å². The molecule has 32 heavy (non-hydrogen) atoms. The summed E-state index contributed by atoms with van der Waals surface area (Å²) in [4.78, 5) is 4.46. The van der Waals surface area contributed by atoms with Crippen molar-refractivity contribution in [3.05, 3.63) is 131 Å². The van der Waals surface area contributed by atoms with Gasteiger partial charge in [-0.2, -0.15) is 0 Å². The Hall–Kier alpha value is -3.76. The average molecular weight is 426 g/mol. The van der Waals surface area contributed by atoms with E-state index in [0.29, 0.717) is 25.5 Å². The third-order valence-corrected chi connectivity index (χ3v) is 4.87. The number of hydrogen-bond acceptors (Lipinski definition) is 3. The maximum absolute atomic E-state index is 13.1. The fraction of sp³-hybridized carbons (Fsp3) is 0.107. The highest BCUT2D eigenvalue weighted by Gasteiger charge is 2.06. The Labute approximate surface area is 187 Å². The predicted molar refractivity (Wildman–Crippen MR) is 126 cm³/mol. The quantitative estimate of drug-likeness (QED) is 0.274. The summed E-state index contributed by atoms with van der Waals surface area (Å²) in [5, 5.41) is 0. The second kappa shape index (κ2) is 11.0. The van der Waals surface area contributed by atoms with Crippen LogP contribution in [-0.2, 0) is 24.6 Å². The van der Waals surface area contributed by atoms with E-state index < -0.39 is 0 Å². The van der Waals surface area contributed by atoms with Crippen molar-refractivity contribution in [1.82, 2.24) is 0 Å².